The Morgan fingerprint density at radius 1 is 1.32 bits per heavy atom. The van der Waals surface area contributed by atoms with E-state index in [1.807, 2.05) is 0 Å². The zero-order valence-corrected chi connectivity index (χ0v) is 9.80. The number of nitrogens with zero attached hydrogens (tertiary/aromatic N) is 2. The van der Waals surface area contributed by atoms with Gasteiger partial charge in [0, 0.05) is 17.4 Å². The van der Waals surface area contributed by atoms with Gasteiger partial charge in [-0.2, -0.15) is 18.3 Å². The van der Waals surface area contributed by atoms with Gasteiger partial charge in [0.15, 0.2) is 0 Å². The molecule has 1 heterocycles. The summed E-state index contributed by atoms with van der Waals surface area (Å²) in [4.78, 5) is 0. The van der Waals surface area contributed by atoms with Crippen LogP contribution in [-0.4, -0.2) is 14.9 Å². The number of hydrogen-bond acceptors (Lipinski definition) is 3. The Kier molecular flexibility index (Phi) is 3.48. The summed E-state index contributed by atoms with van der Waals surface area (Å²) in [6.07, 6.45) is -3.87. The lowest BCUT2D eigenvalue weighted by atomic mass is 10.1. The molecule has 1 aromatic carbocycles. The zero-order valence-electron chi connectivity index (χ0n) is 9.80. The number of aliphatic hydroxyl groups is 1. The summed E-state index contributed by atoms with van der Waals surface area (Å²) in [6.45, 7) is -0.0930. The first-order valence-electron chi connectivity index (χ1n) is 5.50. The summed E-state index contributed by atoms with van der Waals surface area (Å²) in [5, 5.41) is 13.5. The quantitative estimate of drug-likeness (QED) is 0.841. The Hall–Kier alpha value is -2.02. The minimum absolute atomic E-state index is 0.0930. The van der Waals surface area contributed by atoms with Crippen LogP contribution in [0.3, 0.4) is 0 Å². The number of para-hydroxylation sites is 1. The third-order valence-electron chi connectivity index (χ3n) is 2.68. The Morgan fingerprint density at radius 3 is 2.58 bits per heavy atom. The number of halogens is 3. The molecule has 0 aliphatic rings. The fourth-order valence-corrected chi connectivity index (χ4v) is 1.70. The topological polar surface area (TPSA) is 64.1 Å². The van der Waals surface area contributed by atoms with Crippen LogP contribution in [0.15, 0.2) is 36.7 Å². The van der Waals surface area contributed by atoms with Gasteiger partial charge >= 0.3 is 6.18 Å². The van der Waals surface area contributed by atoms with E-state index in [0.717, 1.165) is 17.1 Å². The number of hydrogen-bond donors (Lipinski definition) is 2. The standard InChI is InChI=1S/C12H12F3N3O/c13-12(14,15)8-5-17-18(6-8)7-11(19)9-3-1-2-4-10(9)16/h1-6,11,19H,7,16H2. The highest BCUT2D eigenvalue weighted by atomic mass is 19.4. The van der Waals surface area contributed by atoms with Gasteiger partial charge in [0.05, 0.1) is 18.3 Å². The molecule has 102 valence electrons. The molecule has 0 amide bonds. The minimum atomic E-state index is -4.44. The van der Waals surface area contributed by atoms with Crippen LogP contribution in [0, 0.1) is 0 Å². The summed E-state index contributed by atoms with van der Waals surface area (Å²) >= 11 is 0. The Labute approximate surface area is 107 Å². The largest absolute Gasteiger partial charge is 0.419 e. The summed E-state index contributed by atoms with van der Waals surface area (Å²) in [5.41, 5.74) is 5.69. The van der Waals surface area contributed by atoms with Crippen molar-refractivity contribution in [3.8, 4) is 0 Å². The van der Waals surface area contributed by atoms with Crippen molar-refractivity contribution in [1.82, 2.24) is 9.78 Å². The van der Waals surface area contributed by atoms with E-state index in [1.165, 1.54) is 0 Å². The second-order valence-electron chi connectivity index (χ2n) is 4.09. The molecule has 7 heteroatoms. The maximum absolute atomic E-state index is 12.4. The minimum Gasteiger partial charge on any atom is -0.398 e. The van der Waals surface area contributed by atoms with Crippen molar-refractivity contribution in [3.05, 3.63) is 47.8 Å². The van der Waals surface area contributed by atoms with Crippen LogP contribution < -0.4 is 5.73 Å². The summed E-state index contributed by atoms with van der Waals surface area (Å²) in [6, 6.07) is 6.64. The molecular weight excluding hydrogens is 259 g/mol. The molecule has 3 N–H and O–H groups in total. The molecule has 4 nitrogen and oxygen atoms in total. The second kappa shape index (κ2) is 4.93. The fraction of sp³-hybridized carbons (Fsp3) is 0.250. The van der Waals surface area contributed by atoms with Gasteiger partial charge in [-0.3, -0.25) is 4.68 Å². The van der Waals surface area contributed by atoms with Crippen LogP contribution in [0.25, 0.3) is 0 Å². The van der Waals surface area contributed by atoms with Crippen molar-refractivity contribution in [2.45, 2.75) is 18.8 Å². The van der Waals surface area contributed by atoms with E-state index in [4.69, 9.17) is 5.73 Å². The van der Waals surface area contributed by atoms with E-state index >= 15 is 0 Å². The predicted octanol–water partition coefficient (Wildman–Crippen LogP) is 2.22. The van der Waals surface area contributed by atoms with Crippen LogP contribution in [0.5, 0.6) is 0 Å². The first-order valence-corrected chi connectivity index (χ1v) is 5.50. The van der Waals surface area contributed by atoms with E-state index in [9.17, 15) is 18.3 Å². The van der Waals surface area contributed by atoms with Crippen LogP contribution >= 0.6 is 0 Å². The van der Waals surface area contributed by atoms with Gasteiger partial charge < -0.3 is 10.8 Å². The van der Waals surface area contributed by atoms with Crippen molar-refractivity contribution in [2.24, 2.45) is 0 Å². The maximum atomic E-state index is 12.4. The number of anilines is 1. The van der Waals surface area contributed by atoms with Crippen molar-refractivity contribution in [3.63, 3.8) is 0 Å². The first-order chi connectivity index (χ1) is 8.88. The number of benzene rings is 1. The monoisotopic (exact) mass is 271 g/mol. The van der Waals surface area contributed by atoms with E-state index in [1.54, 1.807) is 24.3 Å². The number of alkyl halides is 3. The van der Waals surface area contributed by atoms with Gasteiger partial charge in [-0.25, -0.2) is 0 Å². The maximum Gasteiger partial charge on any atom is 0.419 e. The molecule has 1 unspecified atom stereocenters. The second-order valence-corrected chi connectivity index (χ2v) is 4.09. The molecule has 0 radical (unpaired) electrons. The molecule has 1 aromatic heterocycles. The molecule has 0 saturated heterocycles. The smallest absolute Gasteiger partial charge is 0.398 e. The van der Waals surface area contributed by atoms with Gasteiger partial charge in [0.1, 0.15) is 6.10 Å². The van der Waals surface area contributed by atoms with Crippen LogP contribution in [0.4, 0.5) is 18.9 Å². The normalized spacial score (nSPS) is 13.5. The summed E-state index contributed by atoms with van der Waals surface area (Å²) < 4.78 is 38.2. The van der Waals surface area contributed by atoms with E-state index in [-0.39, 0.29) is 6.54 Å². The molecule has 0 aliphatic carbocycles. The third-order valence-corrected chi connectivity index (χ3v) is 2.68. The molecule has 0 bridgehead atoms. The SMILES string of the molecule is Nc1ccccc1C(O)Cn1cc(C(F)(F)F)cn1. The van der Waals surface area contributed by atoms with Gasteiger partial charge in [-0.15, -0.1) is 0 Å². The number of rotatable bonds is 3. The fourth-order valence-electron chi connectivity index (χ4n) is 1.70. The lowest BCUT2D eigenvalue weighted by Gasteiger charge is -2.13. The van der Waals surface area contributed by atoms with Crippen LogP contribution in [0.2, 0.25) is 0 Å². The first kappa shape index (κ1) is 13.4. The molecular formula is C12H12F3N3O. The average molecular weight is 271 g/mol. The van der Waals surface area contributed by atoms with Crippen molar-refractivity contribution in [2.75, 3.05) is 5.73 Å². The van der Waals surface area contributed by atoms with Gasteiger partial charge in [-0.1, -0.05) is 18.2 Å². The van der Waals surface area contributed by atoms with E-state index < -0.39 is 17.8 Å². The molecule has 0 spiro atoms. The Bertz CT molecular complexity index is 565. The summed E-state index contributed by atoms with van der Waals surface area (Å²) in [5.74, 6) is 0. The molecule has 0 saturated carbocycles. The number of aliphatic hydroxyl groups excluding tert-OH is 1. The Balaban J connectivity index is 2.14. The Morgan fingerprint density at radius 2 is 2.00 bits per heavy atom. The highest BCUT2D eigenvalue weighted by Gasteiger charge is 2.32. The zero-order chi connectivity index (χ0) is 14.0. The van der Waals surface area contributed by atoms with Crippen molar-refractivity contribution in [1.29, 1.82) is 0 Å². The molecule has 2 aromatic rings. The number of nitrogens with two attached hydrogens (primary N) is 1. The third kappa shape index (κ3) is 3.05. The predicted molar refractivity (Wildman–Crippen MR) is 63.0 cm³/mol. The highest BCUT2D eigenvalue weighted by molar-refractivity contribution is 5.47. The van der Waals surface area contributed by atoms with Gasteiger partial charge in [-0.05, 0) is 6.07 Å². The van der Waals surface area contributed by atoms with Crippen LogP contribution in [-0.2, 0) is 12.7 Å². The van der Waals surface area contributed by atoms with Crippen molar-refractivity contribution >= 4 is 5.69 Å². The number of nitrogen functional groups attached to an aromatic ring is 1. The lowest BCUT2D eigenvalue weighted by Crippen LogP contribution is -2.11. The van der Waals surface area contributed by atoms with Crippen molar-refractivity contribution < 1.29 is 18.3 Å². The lowest BCUT2D eigenvalue weighted by molar-refractivity contribution is -0.137. The summed E-state index contributed by atoms with van der Waals surface area (Å²) in [7, 11) is 0. The van der Waals surface area contributed by atoms with Gasteiger partial charge in [0.2, 0.25) is 0 Å². The van der Waals surface area contributed by atoms with Crippen LogP contribution in [0.1, 0.15) is 17.2 Å². The van der Waals surface area contributed by atoms with E-state index in [2.05, 4.69) is 5.10 Å². The van der Waals surface area contributed by atoms with E-state index in [0.29, 0.717) is 11.3 Å². The van der Waals surface area contributed by atoms with Gasteiger partial charge in [0.25, 0.3) is 0 Å². The number of aromatic nitrogens is 2. The molecule has 0 fully saturated rings. The molecule has 1 atom stereocenters. The molecule has 0 aliphatic heterocycles. The average Bonchev–Trinajstić information content (AvgIpc) is 2.77. The molecule has 19 heavy (non-hydrogen) atoms. The highest BCUT2D eigenvalue weighted by Crippen LogP contribution is 2.29. The molecule has 2 rings (SSSR count).